The van der Waals surface area contributed by atoms with Crippen molar-refractivity contribution in [3.8, 4) is 0 Å². The van der Waals surface area contributed by atoms with Crippen molar-refractivity contribution in [2.24, 2.45) is 0 Å². The summed E-state index contributed by atoms with van der Waals surface area (Å²) in [6, 6.07) is 22.3. The molecule has 0 spiro atoms. The summed E-state index contributed by atoms with van der Waals surface area (Å²) in [5, 5.41) is 0. The van der Waals surface area contributed by atoms with Gasteiger partial charge in [0.2, 0.25) is 0 Å². The predicted octanol–water partition coefficient (Wildman–Crippen LogP) is 3.73. The first-order chi connectivity index (χ1) is 7.84. The molecule has 16 heavy (non-hydrogen) atoms. The van der Waals surface area contributed by atoms with Gasteiger partial charge >= 0.3 is 0 Å². The number of hydrogen-bond donors (Lipinski definition) is 0. The highest BCUT2D eigenvalue weighted by Crippen LogP contribution is 2.46. The van der Waals surface area contributed by atoms with Crippen LogP contribution in [0.4, 0.5) is 11.4 Å². The monoisotopic (exact) mass is 210 g/mol. The van der Waals surface area contributed by atoms with E-state index >= 15 is 0 Å². The molecule has 1 aliphatic heterocycles. The quantitative estimate of drug-likeness (QED) is 0.523. The molecule has 1 saturated heterocycles. The molecule has 3 rings (SSSR count). The molecule has 0 bridgehead atoms. The van der Waals surface area contributed by atoms with E-state index in [9.17, 15) is 0 Å². The highest BCUT2D eigenvalue weighted by Gasteiger charge is 2.55. The zero-order valence-corrected chi connectivity index (χ0v) is 9.51. The van der Waals surface area contributed by atoms with E-state index in [4.69, 9.17) is 0 Å². The summed E-state index contributed by atoms with van der Waals surface area (Å²) in [7, 11) is 0. The zero-order chi connectivity index (χ0) is 11.0. The van der Waals surface area contributed by atoms with Crippen molar-refractivity contribution >= 4 is 11.4 Å². The van der Waals surface area contributed by atoms with Crippen LogP contribution in [0.2, 0.25) is 0 Å². The van der Waals surface area contributed by atoms with E-state index in [0.717, 1.165) is 4.48 Å². The average molecular weight is 210 g/mol. The van der Waals surface area contributed by atoms with E-state index < -0.39 is 0 Å². The zero-order valence-electron chi connectivity index (χ0n) is 9.51. The molecule has 1 heteroatoms. The SMILES string of the molecule is CC1C[N+]1(c1ccccc1)c1ccccc1. The molecule has 0 aliphatic carbocycles. The Morgan fingerprint density at radius 1 is 0.812 bits per heavy atom. The van der Waals surface area contributed by atoms with E-state index in [-0.39, 0.29) is 0 Å². The second kappa shape index (κ2) is 3.46. The van der Waals surface area contributed by atoms with E-state index in [1.54, 1.807) is 0 Å². The lowest BCUT2D eigenvalue weighted by molar-refractivity contribution is 0.681. The summed E-state index contributed by atoms with van der Waals surface area (Å²) in [6.07, 6.45) is 0. The lowest BCUT2D eigenvalue weighted by Crippen LogP contribution is -2.21. The molecule has 2 aromatic rings. The van der Waals surface area contributed by atoms with Crippen LogP contribution in [-0.4, -0.2) is 12.6 Å². The van der Waals surface area contributed by atoms with Gasteiger partial charge in [0.25, 0.3) is 0 Å². The van der Waals surface area contributed by atoms with Gasteiger partial charge in [-0.05, 0) is 31.2 Å². The van der Waals surface area contributed by atoms with Crippen LogP contribution in [0.25, 0.3) is 0 Å². The second-order valence-corrected chi connectivity index (χ2v) is 4.57. The summed E-state index contributed by atoms with van der Waals surface area (Å²) < 4.78 is 1.02. The van der Waals surface area contributed by atoms with Crippen LogP contribution in [0, 0.1) is 0 Å². The first-order valence-corrected chi connectivity index (χ1v) is 5.83. The molecule has 2 aromatic carbocycles. The molecule has 1 fully saturated rings. The van der Waals surface area contributed by atoms with Crippen molar-refractivity contribution in [2.75, 3.05) is 6.54 Å². The lowest BCUT2D eigenvalue weighted by Gasteiger charge is -2.18. The fourth-order valence-corrected chi connectivity index (χ4v) is 2.63. The van der Waals surface area contributed by atoms with Gasteiger partial charge in [-0.2, -0.15) is 0 Å². The van der Waals surface area contributed by atoms with Crippen LogP contribution in [0.3, 0.4) is 0 Å². The highest BCUT2D eigenvalue weighted by molar-refractivity contribution is 5.64. The number of nitrogens with zero attached hydrogens (tertiary/aromatic N) is 1. The van der Waals surface area contributed by atoms with Crippen LogP contribution in [-0.2, 0) is 0 Å². The van der Waals surface area contributed by atoms with Gasteiger partial charge in [-0.25, -0.2) is 4.48 Å². The third-order valence-corrected chi connectivity index (χ3v) is 3.60. The second-order valence-electron chi connectivity index (χ2n) is 4.57. The van der Waals surface area contributed by atoms with E-state index in [1.807, 2.05) is 0 Å². The van der Waals surface area contributed by atoms with E-state index in [0.29, 0.717) is 6.04 Å². The van der Waals surface area contributed by atoms with Gasteiger partial charge in [-0.15, -0.1) is 0 Å². The van der Waals surface area contributed by atoms with Gasteiger partial charge in [-0.3, -0.25) is 0 Å². The number of para-hydroxylation sites is 2. The third-order valence-electron chi connectivity index (χ3n) is 3.60. The van der Waals surface area contributed by atoms with Crippen LogP contribution < -0.4 is 4.48 Å². The normalized spacial score (nSPS) is 21.7. The molecule has 1 aliphatic rings. The van der Waals surface area contributed by atoms with Crippen molar-refractivity contribution in [2.45, 2.75) is 13.0 Å². The molecule has 0 radical (unpaired) electrons. The summed E-state index contributed by atoms with van der Waals surface area (Å²) in [5.41, 5.74) is 2.81. The Hall–Kier alpha value is -1.60. The summed E-state index contributed by atoms with van der Waals surface area (Å²) >= 11 is 0. The molecular formula is C15H16N+. The third kappa shape index (κ3) is 1.29. The topological polar surface area (TPSA) is 0 Å². The number of rotatable bonds is 2. The number of hydrogen-bond acceptors (Lipinski definition) is 0. The first-order valence-electron chi connectivity index (χ1n) is 5.83. The molecular weight excluding hydrogens is 194 g/mol. The fraction of sp³-hybridized carbons (Fsp3) is 0.200. The number of quaternary nitrogens is 1. The summed E-state index contributed by atoms with van der Waals surface area (Å²) in [6.45, 7) is 3.54. The van der Waals surface area contributed by atoms with Gasteiger partial charge in [0.15, 0.2) is 0 Å². The molecule has 0 aromatic heterocycles. The number of benzene rings is 2. The first kappa shape index (κ1) is 9.61. The minimum Gasteiger partial charge on any atom is -0.247 e. The Morgan fingerprint density at radius 2 is 1.19 bits per heavy atom. The minimum absolute atomic E-state index is 0.699. The van der Waals surface area contributed by atoms with Gasteiger partial charge in [-0.1, -0.05) is 36.4 Å². The minimum atomic E-state index is 0.699. The Bertz CT molecular complexity index is 436. The van der Waals surface area contributed by atoms with Crippen LogP contribution in [0.15, 0.2) is 60.7 Å². The van der Waals surface area contributed by atoms with Crippen molar-refractivity contribution < 1.29 is 0 Å². The molecule has 0 saturated carbocycles. The van der Waals surface area contributed by atoms with Crippen LogP contribution >= 0.6 is 0 Å². The molecule has 1 nitrogen and oxygen atoms in total. The maximum atomic E-state index is 2.32. The Kier molecular flexibility index (Phi) is 2.08. The summed E-state index contributed by atoms with van der Waals surface area (Å²) in [4.78, 5) is 0. The lowest BCUT2D eigenvalue weighted by atomic mass is 10.2. The van der Waals surface area contributed by atoms with Crippen molar-refractivity contribution in [1.29, 1.82) is 0 Å². The van der Waals surface area contributed by atoms with Crippen LogP contribution in [0.5, 0.6) is 0 Å². The Balaban J connectivity index is 2.10. The van der Waals surface area contributed by atoms with Crippen molar-refractivity contribution in [3.05, 3.63) is 60.7 Å². The van der Waals surface area contributed by atoms with Gasteiger partial charge < -0.3 is 0 Å². The Labute approximate surface area is 96.5 Å². The molecule has 1 unspecified atom stereocenters. The van der Waals surface area contributed by atoms with Crippen LogP contribution in [0.1, 0.15) is 6.92 Å². The predicted molar refractivity (Wildman–Crippen MR) is 68.7 cm³/mol. The molecule has 80 valence electrons. The molecule has 1 heterocycles. The van der Waals surface area contributed by atoms with E-state index in [1.165, 1.54) is 17.9 Å². The average Bonchev–Trinajstić information content (AvgIpc) is 3.05. The van der Waals surface area contributed by atoms with Crippen molar-refractivity contribution in [1.82, 2.24) is 4.48 Å². The van der Waals surface area contributed by atoms with Gasteiger partial charge in [0.1, 0.15) is 24.0 Å². The van der Waals surface area contributed by atoms with E-state index in [2.05, 4.69) is 67.6 Å². The summed E-state index contributed by atoms with van der Waals surface area (Å²) in [5.74, 6) is 0. The van der Waals surface area contributed by atoms with Gasteiger partial charge in [0.05, 0.1) is 0 Å². The molecule has 0 amide bonds. The maximum absolute atomic E-state index is 2.32. The fourth-order valence-electron chi connectivity index (χ4n) is 2.63. The maximum Gasteiger partial charge on any atom is 0.146 e. The van der Waals surface area contributed by atoms with Gasteiger partial charge in [0, 0.05) is 0 Å². The standard InChI is InChI=1S/C15H16N/c1-13-12-16(13,14-8-4-2-5-9-14)15-10-6-3-7-11-15/h2-11,13H,12H2,1H3/q+1. The molecule has 0 N–H and O–H groups in total. The van der Waals surface area contributed by atoms with Crippen molar-refractivity contribution in [3.63, 3.8) is 0 Å². The largest absolute Gasteiger partial charge is 0.247 e. The highest BCUT2D eigenvalue weighted by atomic mass is 15.5. The molecule has 1 atom stereocenters. The Morgan fingerprint density at radius 3 is 1.50 bits per heavy atom. The smallest absolute Gasteiger partial charge is 0.146 e.